The molecule has 5 heteroatoms. The van der Waals surface area contributed by atoms with Crippen molar-refractivity contribution in [2.45, 2.75) is 38.3 Å². The number of hydrogen-bond acceptors (Lipinski definition) is 2. The van der Waals surface area contributed by atoms with Gasteiger partial charge in [-0.25, -0.2) is 0 Å². The Morgan fingerprint density at radius 2 is 1.83 bits per heavy atom. The molecule has 1 fully saturated rings. The van der Waals surface area contributed by atoms with Crippen LogP contribution in [-0.2, 0) is 0 Å². The molecule has 1 aromatic carbocycles. The molecular weight excluding hydrogens is 567 g/mol. The molecule has 0 amide bonds. The van der Waals surface area contributed by atoms with Gasteiger partial charge in [-0.05, 0) is 106 Å². The molecule has 1 aliphatic carbocycles. The van der Waals surface area contributed by atoms with Crippen molar-refractivity contribution < 1.29 is 4.74 Å². The molecule has 0 radical (unpaired) electrons. The van der Waals surface area contributed by atoms with Crippen LogP contribution in [0.3, 0.4) is 0 Å². The van der Waals surface area contributed by atoms with Crippen molar-refractivity contribution in [1.82, 2.24) is 5.32 Å². The van der Waals surface area contributed by atoms with Gasteiger partial charge in [0.1, 0.15) is 11.9 Å². The van der Waals surface area contributed by atoms with Crippen LogP contribution >= 0.6 is 67.8 Å². The van der Waals surface area contributed by atoms with Gasteiger partial charge < -0.3 is 10.1 Å². The summed E-state index contributed by atoms with van der Waals surface area (Å²) in [7, 11) is 0. The predicted octanol–water partition coefficient (Wildman–Crippen LogP) is 4.41. The van der Waals surface area contributed by atoms with Crippen LogP contribution in [0.5, 0.6) is 5.75 Å². The standard InChI is InChI=1S/C13H16I3NO/c1-2-3-17-9-6-10(7-9)18-13-11(15)4-8(14)5-12(13)16/h4-5,9-10,17H,2-3,6-7H2,1H3. The van der Waals surface area contributed by atoms with E-state index in [-0.39, 0.29) is 0 Å². The minimum absolute atomic E-state index is 0.390. The fourth-order valence-corrected chi connectivity index (χ4v) is 5.82. The quantitative estimate of drug-likeness (QED) is 0.520. The summed E-state index contributed by atoms with van der Waals surface area (Å²) in [6, 6.07) is 5.00. The van der Waals surface area contributed by atoms with E-state index >= 15 is 0 Å². The van der Waals surface area contributed by atoms with Gasteiger partial charge in [-0.2, -0.15) is 0 Å². The highest BCUT2D eigenvalue weighted by Gasteiger charge is 2.31. The van der Waals surface area contributed by atoms with Crippen molar-refractivity contribution in [2.24, 2.45) is 0 Å². The van der Waals surface area contributed by atoms with Crippen molar-refractivity contribution in [3.8, 4) is 5.75 Å². The normalized spacial score (nSPS) is 22.7. The molecule has 2 rings (SSSR count). The number of halogens is 3. The maximum atomic E-state index is 6.12. The van der Waals surface area contributed by atoms with Crippen LogP contribution in [0.4, 0.5) is 0 Å². The first-order chi connectivity index (χ1) is 8.60. The highest BCUT2D eigenvalue weighted by atomic mass is 127. The monoisotopic (exact) mass is 583 g/mol. The molecule has 0 unspecified atom stereocenters. The molecular formula is C13H16I3NO. The van der Waals surface area contributed by atoms with Crippen molar-refractivity contribution in [1.29, 1.82) is 0 Å². The lowest BCUT2D eigenvalue weighted by Gasteiger charge is -2.36. The van der Waals surface area contributed by atoms with E-state index in [2.05, 4.69) is 92.1 Å². The Balaban J connectivity index is 1.89. The third-order valence-electron chi connectivity index (χ3n) is 3.03. The first kappa shape index (κ1) is 15.6. The molecule has 0 atom stereocenters. The zero-order valence-corrected chi connectivity index (χ0v) is 16.7. The van der Waals surface area contributed by atoms with Gasteiger partial charge in [0, 0.05) is 9.61 Å². The van der Waals surface area contributed by atoms with Crippen LogP contribution in [0.25, 0.3) is 0 Å². The summed E-state index contributed by atoms with van der Waals surface area (Å²) in [4.78, 5) is 0. The third-order valence-corrected chi connectivity index (χ3v) is 5.25. The van der Waals surface area contributed by atoms with E-state index in [4.69, 9.17) is 4.74 Å². The van der Waals surface area contributed by atoms with Crippen molar-refractivity contribution in [2.75, 3.05) is 6.54 Å². The van der Waals surface area contributed by atoms with Crippen LogP contribution in [0, 0.1) is 10.7 Å². The van der Waals surface area contributed by atoms with Crippen molar-refractivity contribution >= 4 is 67.8 Å². The van der Waals surface area contributed by atoms with Gasteiger partial charge in [0.05, 0.1) is 7.14 Å². The summed E-state index contributed by atoms with van der Waals surface area (Å²) in [5, 5.41) is 3.54. The number of nitrogens with one attached hydrogen (secondary N) is 1. The second kappa shape index (κ2) is 7.26. The highest BCUT2D eigenvalue weighted by Crippen LogP contribution is 2.33. The Kier molecular flexibility index (Phi) is 6.27. The fourth-order valence-electron chi connectivity index (χ4n) is 1.99. The topological polar surface area (TPSA) is 21.3 Å². The zero-order chi connectivity index (χ0) is 13.1. The molecule has 2 nitrogen and oxygen atoms in total. The molecule has 0 saturated heterocycles. The Labute approximate surface area is 149 Å². The lowest BCUT2D eigenvalue weighted by atomic mass is 9.89. The maximum Gasteiger partial charge on any atom is 0.146 e. The third kappa shape index (κ3) is 4.08. The van der Waals surface area contributed by atoms with E-state index in [9.17, 15) is 0 Å². The second-order valence-corrected chi connectivity index (χ2v) is 8.13. The van der Waals surface area contributed by atoms with Crippen molar-refractivity contribution in [3.63, 3.8) is 0 Å². The van der Waals surface area contributed by atoms with Gasteiger partial charge in [0.25, 0.3) is 0 Å². The Bertz CT molecular complexity index is 396. The van der Waals surface area contributed by atoms with Gasteiger partial charge in [0.15, 0.2) is 0 Å². The summed E-state index contributed by atoms with van der Waals surface area (Å²) in [6.45, 7) is 3.33. The van der Waals surface area contributed by atoms with E-state index in [0.717, 1.165) is 25.1 Å². The molecule has 100 valence electrons. The Hall–Kier alpha value is 1.17. The molecule has 1 aromatic rings. The van der Waals surface area contributed by atoms with Crippen molar-refractivity contribution in [3.05, 3.63) is 22.8 Å². The number of hydrogen-bond donors (Lipinski definition) is 1. The highest BCUT2D eigenvalue weighted by molar-refractivity contribution is 14.1. The second-order valence-electron chi connectivity index (χ2n) is 4.56. The molecule has 1 aliphatic rings. The molecule has 1 N–H and O–H groups in total. The van der Waals surface area contributed by atoms with Gasteiger partial charge >= 0.3 is 0 Å². The summed E-state index contributed by atoms with van der Waals surface area (Å²) in [5.74, 6) is 1.07. The van der Waals surface area contributed by atoms with Gasteiger partial charge in [-0.3, -0.25) is 0 Å². The van der Waals surface area contributed by atoms with Gasteiger partial charge in [-0.1, -0.05) is 6.92 Å². The zero-order valence-electron chi connectivity index (χ0n) is 10.2. The van der Waals surface area contributed by atoms with Crippen LogP contribution in [0.15, 0.2) is 12.1 Å². The smallest absolute Gasteiger partial charge is 0.146 e. The van der Waals surface area contributed by atoms with E-state index in [1.807, 2.05) is 0 Å². The van der Waals surface area contributed by atoms with Gasteiger partial charge in [-0.15, -0.1) is 0 Å². The molecule has 0 aromatic heterocycles. The minimum Gasteiger partial charge on any atom is -0.488 e. The van der Waals surface area contributed by atoms with E-state index in [1.165, 1.54) is 17.1 Å². The van der Waals surface area contributed by atoms with Gasteiger partial charge in [0.2, 0.25) is 0 Å². The SMILES string of the molecule is CCCNC1CC(Oc2c(I)cc(I)cc2I)C1. The number of rotatable bonds is 5. The van der Waals surface area contributed by atoms with Crippen LogP contribution in [-0.4, -0.2) is 18.7 Å². The number of benzene rings is 1. The number of ether oxygens (including phenoxy) is 1. The van der Waals surface area contributed by atoms with E-state index in [1.54, 1.807) is 0 Å². The summed E-state index contributed by atoms with van der Waals surface area (Å²) < 4.78 is 9.82. The largest absolute Gasteiger partial charge is 0.488 e. The molecule has 1 saturated carbocycles. The van der Waals surface area contributed by atoms with E-state index < -0.39 is 0 Å². The van der Waals surface area contributed by atoms with Crippen LogP contribution in [0.2, 0.25) is 0 Å². The molecule has 18 heavy (non-hydrogen) atoms. The first-order valence-corrected chi connectivity index (χ1v) is 9.38. The fraction of sp³-hybridized carbons (Fsp3) is 0.538. The molecule has 0 aliphatic heterocycles. The summed E-state index contributed by atoms with van der Waals surface area (Å²) in [6.07, 6.45) is 3.87. The predicted molar refractivity (Wildman–Crippen MR) is 100 cm³/mol. The van der Waals surface area contributed by atoms with Crippen LogP contribution < -0.4 is 10.1 Å². The first-order valence-electron chi connectivity index (χ1n) is 6.14. The molecule has 0 heterocycles. The summed E-state index contributed by atoms with van der Waals surface area (Å²) in [5.41, 5.74) is 0. The van der Waals surface area contributed by atoms with E-state index in [0.29, 0.717) is 12.1 Å². The summed E-state index contributed by atoms with van der Waals surface area (Å²) >= 11 is 7.07. The minimum atomic E-state index is 0.390. The maximum absolute atomic E-state index is 6.12. The molecule has 0 bridgehead atoms. The average molecular weight is 583 g/mol. The van der Waals surface area contributed by atoms with Crippen LogP contribution in [0.1, 0.15) is 26.2 Å². The lowest BCUT2D eigenvalue weighted by molar-refractivity contribution is 0.0835. The Morgan fingerprint density at radius 1 is 1.22 bits per heavy atom. The lowest BCUT2D eigenvalue weighted by Crippen LogP contribution is -2.47. The Morgan fingerprint density at radius 3 is 2.39 bits per heavy atom. The molecule has 0 spiro atoms. The average Bonchev–Trinajstić information content (AvgIpc) is 2.24.